The molecule has 0 aliphatic carbocycles. The van der Waals surface area contributed by atoms with Gasteiger partial charge in [0.1, 0.15) is 0 Å². The molecule has 2 aromatic heterocycles. The van der Waals surface area contributed by atoms with Crippen molar-refractivity contribution in [2.24, 2.45) is 0 Å². The van der Waals surface area contributed by atoms with Crippen molar-refractivity contribution in [2.45, 2.75) is 25.9 Å². The molecule has 0 spiro atoms. The summed E-state index contributed by atoms with van der Waals surface area (Å²) in [6.45, 7) is 1.44. The van der Waals surface area contributed by atoms with Gasteiger partial charge in [0.15, 0.2) is 37.9 Å². The monoisotopic (exact) mass is 264 g/mol. The summed E-state index contributed by atoms with van der Waals surface area (Å²) < 4.78 is 4.01. The van der Waals surface area contributed by atoms with Crippen LogP contribution in [0.1, 0.15) is 12.8 Å². The van der Waals surface area contributed by atoms with Crippen LogP contribution in [-0.4, -0.2) is 0 Å². The van der Waals surface area contributed by atoms with E-state index in [1.165, 1.54) is 0 Å². The lowest BCUT2D eigenvalue weighted by Crippen LogP contribution is -2.32. The Bertz CT molecular complexity index is 571. The Labute approximate surface area is 118 Å². The fraction of sp³-hybridized carbons (Fsp3) is 0.250. The summed E-state index contributed by atoms with van der Waals surface area (Å²) in [5.74, 6) is 0. The van der Waals surface area contributed by atoms with E-state index in [0.29, 0.717) is 12.8 Å². The first-order valence-electron chi connectivity index (χ1n) is 6.56. The number of nitriles is 2. The van der Waals surface area contributed by atoms with E-state index in [1.54, 1.807) is 0 Å². The van der Waals surface area contributed by atoms with Gasteiger partial charge in [-0.05, 0) is 11.1 Å². The maximum absolute atomic E-state index is 8.56. The molecule has 2 aromatic rings. The molecule has 0 fully saturated rings. The van der Waals surface area contributed by atoms with E-state index in [9.17, 15) is 0 Å². The number of nitrogens with zero attached hydrogens (tertiary/aromatic N) is 4. The predicted molar refractivity (Wildman–Crippen MR) is 72.7 cm³/mol. The van der Waals surface area contributed by atoms with Crippen molar-refractivity contribution in [3.8, 4) is 23.3 Å². The highest BCUT2D eigenvalue weighted by Gasteiger charge is 2.05. The van der Waals surface area contributed by atoms with Gasteiger partial charge in [-0.25, -0.2) is 9.13 Å². The first-order valence-corrected chi connectivity index (χ1v) is 6.56. The second kappa shape index (κ2) is 7.01. The number of aromatic nitrogens is 2. The average molecular weight is 264 g/mol. The average Bonchev–Trinajstić information content (AvgIpc) is 2.52. The summed E-state index contributed by atoms with van der Waals surface area (Å²) in [5.41, 5.74) is 2.29. The topological polar surface area (TPSA) is 55.3 Å². The fourth-order valence-electron chi connectivity index (χ4n) is 1.96. The lowest BCUT2D eigenvalue weighted by atomic mass is 10.1. The van der Waals surface area contributed by atoms with E-state index in [4.69, 9.17) is 10.5 Å². The van der Waals surface area contributed by atoms with Crippen LogP contribution in [-0.2, 0) is 13.1 Å². The van der Waals surface area contributed by atoms with E-state index < -0.39 is 0 Å². The van der Waals surface area contributed by atoms with Gasteiger partial charge in [0, 0.05) is 24.3 Å². The highest BCUT2D eigenvalue weighted by molar-refractivity contribution is 5.60. The van der Waals surface area contributed by atoms with Crippen LogP contribution < -0.4 is 9.13 Å². The molecule has 98 valence electrons. The molecule has 0 saturated carbocycles. The van der Waals surface area contributed by atoms with Crippen molar-refractivity contribution in [3.63, 3.8) is 0 Å². The zero-order valence-electron chi connectivity index (χ0n) is 11.2. The Balaban J connectivity index is 2.08. The minimum Gasteiger partial charge on any atom is -0.204 e. The van der Waals surface area contributed by atoms with Gasteiger partial charge in [-0.3, -0.25) is 0 Å². The van der Waals surface area contributed by atoms with Gasteiger partial charge in [-0.1, -0.05) is 0 Å². The SMILES string of the molecule is N#CCC[n+]1ccc(-c2cc[n+](CCC#N)cc2)cc1. The van der Waals surface area contributed by atoms with Crippen LogP contribution in [0, 0.1) is 22.7 Å². The maximum Gasteiger partial charge on any atom is 0.169 e. The highest BCUT2D eigenvalue weighted by Crippen LogP contribution is 2.15. The second-order valence-corrected chi connectivity index (χ2v) is 4.47. The molecule has 0 N–H and O–H groups in total. The second-order valence-electron chi connectivity index (χ2n) is 4.47. The molecular formula is C16H16N4+2. The molecule has 0 atom stereocenters. The Hall–Kier alpha value is -2.72. The van der Waals surface area contributed by atoms with E-state index in [1.807, 2.05) is 58.2 Å². The van der Waals surface area contributed by atoms with Crippen molar-refractivity contribution >= 4 is 0 Å². The lowest BCUT2D eigenvalue weighted by molar-refractivity contribution is -0.696. The van der Waals surface area contributed by atoms with Gasteiger partial charge in [0.25, 0.3) is 0 Å². The van der Waals surface area contributed by atoms with E-state index in [0.717, 1.165) is 24.2 Å². The Morgan fingerprint density at radius 3 is 1.35 bits per heavy atom. The third-order valence-corrected chi connectivity index (χ3v) is 3.08. The first kappa shape index (κ1) is 13.7. The standard InChI is InChI=1S/C16H16N4/c17-7-1-9-19-11-3-15(4-12-19)16-5-13-20(14-6-16)10-2-8-18/h3-6,11-14H,1-2,9-10H2/q+2. The van der Waals surface area contributed by atoms with Crippen molar-refractivity contribution in [1.29, 1.82) is 10.5 Å². The minimum absolute atomic E-state index is 0.522. The van der Waals surface area contributed by atoms with Crippen molar-refractivity contribution in [3.05, 3.63) is 49.1 Å². The molecule has 0 unspecified atom stereocenters. The van der Waals surface area contributed by atoms with Crippen molar-refractivity contribution < 1.29 is 9.13 Å². The molecule has 4 nitrogen and oxygen atoms in total. The number of hydrogen-bond acceptors (Lipinski definition) is 2. The van der Waals surface area contributed by atoms with Crippen LogP contribution >= 0.6 is 0 Å². The van der Waals surface area contributed by atoms with Gasteiger partial charge in [0.2, 0.25) is 0 Å². The molecule has 0 saturated heterocycles. The molecule has 0 aliphatic rings. The molecule has 0 amide bonds. The number of hydrogen-bond donors (Lipinski definition) is 0. The van der Waals surface area contributed by atoms with E-state index in [-0.39, 0.29) is 0 Å². The first-order chi connectivity index (χ1) is 9.83. The minimum atomic E-state index is 0.522. The zero-order chi connectivity index (χ0) is 14.2. The summed E-state index contributed by atoms with van der Waals surface area (Å²) >= 11 is 0. The summed E-state index contributed by atoms with van der Waals surface area (Å²) in [7, 11) is 0. The zero-order valence-corrected chi connectivity index (χ0v) is 11.2. The van der Waals surface area contributed by atoms with Crippen molar-refractivity contribution in [1.82, 2.24) is 0 Å². The summed E-state index contributed by atoms with van der Waals surface area (Å²) in [6.07, 6.45) is 9.00. The Morgan fingerprint density at radius 1 is 0.700 bits per heavy atom. The predicted octanol–water partition coefficient (Wildman–Crippen LogP) is 1.76. The van der Waals surface area contributed by atoms with Gasteiger partial charge in [-0.15, -0.1) is 0 Å². The largest absolute Gasteiger partial charge is 0.204 e. The van der Waals surface area contributed by atoms with Gasteiger partial charge in [0.05, 0.1) is 25.0 Å². The molecule has 0 aliphatic heterocycles. The fourth-order valence-corrected chi connectivity index (χ4v) is 1.96. The molecular weight excluding hydrogens is 248 g/mol. The van der Waals surface area contributed by atoms with Crippen LogP contribution in [0.25, 0.3) is 11.1 Å². The van der Waals surface area contributed by atoms with Crippen LogP contribution in [0.4, 0.5) is 0 Å². The maximum atomic E-state index is 8.56. The highest BCUT2D eigenvalue weighted by atomic mass is 14.9. The molecule has 2 rings (SSSR count). The number of pyridine rings is 2. The molecule has 4 heteroatoms. The summed E-state index contributed by atoms with van der Waals surface area (Å²) in [5, 5.41) is 17.1. The number of aryl methyl sites for hydroxylation is 2. The van der Waals surface area contributed by atoms with Crippen LogP contribution in [0.2, 0.25) is 0 Å². The normalized spacial score (nSPS) is 9.70. The molecule has 0 aromatic carbocycles. The van der Waals surface area contributed by atoms with Gasteiger partial charge in [-0.2, -0.15) is 10.5 Å². The Morgan fingerprint density at radius 2 is 1.05 bits per heavy atom. The van der Waals surface area contributed by atoms with E-state index in [2.05, 4.69) is 12.1 Å². The van der Waals surface area contributed by atoms with Crippen LogP contribution in [0.3, 0.4) is 0 Å². The lowest BCUT2D eigenvalue weighted by Gasteiger charge is -2.00. The quantitative estimate of drug-likeness (QED) is 0.773. The van der Waals surface area contributed by atoms with Gasteiger partial charge >= 0.3 is 0 Å². The summed E-state index contributed by atoms with van der Waals surface area (Å²) in [6, 6.07) is 12.5. The summed E-state index contributed by atoms with van der Waals surface area (Å²) in [4.78, 5) is 0. The molecule has 20 heavy (non-hydrogen) atoms. The Kier molecular flexibility index (Phi) is 4.81. The van der Waals surface area contributed by atoms with Crippen LogP contribution in [0.15, 0.2) is 49.1 Å². The van der Waals surface area contributed by atoms with Gasteiger partial charge < -0.3 is 0 Å². The molecule has 0 bridgehead atoms. The third kappa shape index (κ3) is 3.63. The molecule has 0 radical (unpaired) electrons. The smallest absolute Gasteiger partial charge is 0.169 e. The molecule has 2 heterocycles. The van der Waals surface area contributed by atoms with Crippen LogP contribution in [0.5, 0.6) is 0 Å². The van der Waals surface area contributed by atoms with E-state index >= 15 is 0 Å². The third-order valence-electron chi connectivity index (χ3n) is 3.08. The van der Waals surface area contributed by atoms with Crippen molar-refractivity contribution in [2.75, 3.05) is 0 Å². The number of rotatable bonds is 5.